The van der Waals surface area contributed by atoms with Gasteiger partial charge in [0.05, 0.1) is 28.5 Å². The molecule has 1 aliphatic heterocycles. The molecule has 4 aromatic rings. The summed E-state index contributed by atoms with van der Waals surface area (Å²) in [6.45, 7) is 4.21. The zero-order valence-corrected chi connectivity index (χ0v) is 21.2. The molecule has 5 rings (SSSR count). The van der Waals surface area contributed by atoms with E-state index in [1.54, 1.807) is 11.0 Å². The number of alkyl halides is 3. The van der Waals surface area contributed by atoms with E-state index in [0.717, 1.165) is 11.6 Å². The molecule has 39 heavy (non-hydrogen) atoms. The first-order valence-corrected chi connectivity index (χ1v) is 12.0. The van der Waals surface area contributed by atoms with Gasteiger partial charge >= 0.3 is 12.1 Å². The maximum absolute atomic E-state index is 12.9. The number of halogens is 4. The topological polar surface area (TPSA) is 141 Å². The standard InChI is InChI=1S/C25H19ClF3N7O3/c1-11-5-14(12(2)31-15-3-4-20(26)33-22(15)24(37)38)21-17(6-11)32-18(8-30)23(34-21)36-9-13(10-36)16-7-19(39-35-16)25(27,28)29/h3-7,12-13,31H,9-10H2,1-2H3,(H,37,38)/t12-/m1/s1. The molecular weight excluding hydrogens is 539 g/mol. The van der Waals surface area contributed by atoms with E-state index in [1.807, 2.05) is 26.0 Å². The van der Waals surface area contributed by atoms with Gasteiger partial charge in [-0.25, -0.2) is 19.7 Å². The molecule has 2 N–H and O–H groups in total. The maximum atomic E-state index is 12.9. The lowest BCUT2D eigenvalue weighted by Gasteiger charge is -2.39. The molecule has 0 unspecified atom stereocenters. The molecule has 200 valence electrons. The van der Waals surface area contributed by atoms with Gasteiger partial charge in [0.2, 0.25) is 5.76 Å². The van der Waals surface area contributed by atoms with Gasteiger partial charge in [0.15, 0.2) is 17.2 Å². The summed E-state index contributed by atoms with van der Waals surface area (Å²) in [5.41, 5.74) is 2.76. The van der Waals surface area contributed by atoms with E-state index in [4.69, 9.17) is 16.6 Å². The molecule has 14 heteroatoms. The van der Waals surface area contributed by atoms with Gasteiger partial charge in [0, 0.05) is 30.6 Å². The molecule has 3 aromatic heterocycles. The van der Waals surface area contributed by atoms with Crippen LogP contribution in [-0.4, -0.2) is 44.3 Å². The normalized spacial score (nSPS) is 14.6. The highest BCUT2D eigenvalue weighted by Crippen LogP contribution is 2.37. The third-order valence-electron chi connectivity index (χ3n) is 6.34. The Kier molecular flexibility index (Phi) is 6.51. The molecule has 1 fully saturated rings. The van der Waals surface area contributed by atoms with Crippen LogP contribution in [0.25, 0.3) is 11.0 Å². The van der Waals surface area contributed by atoms with Crippen molar-refractivity contribution in [2.45, 2.75) is 32.0 Å². The Bertz CT molecular complexity index is 1640. The Hall–Kier alpha value is -4.44. The van der Waals surface area contributed by atoms with E-state index in [2.05, 4.69) is 25.0 Å². The number of aromatic carboxylic acids is 1. The van der Waals surface area contributed by atoms with Gasteiger partial charge in [-0.1, -0.05) is 22.8 Å². The van der Waals surface area contributed by atoms with Crippen molar-refractivity contribution in [2.24, 2.45) is 0 Å². The molecule has 1 saturated heterocycles. The van der Waals surface area contributed by atoms with Crippen molar-refractivity contribution in [1.82, 2.24) is 20.1 Å². The number of fused-ring (bicyclic) bond motifs is 1. The molecule has 0 aliphatic carbocycles. The Labute approximate surface area is 224 Å². The number of aromatic nitrogens is 4. The van der Waals surface area contributed by atoms with E-state index in [9.17, 15) is 28.3 Å². The van der Waals surface area contributed by atoms with E-state index in [0.29, 0.717) is 16.6 Å². The molecule has 1 aliphatic rings. The van der Waals surface area contributed by atoms with Crippen molar-refractivity contribution >= 4 is 40.1 Å². The van der Waals surface area contributed by atoms with E-state index >= 15 is 0 Å². The molecule has 4 heterocycles. The summed E-state index contributed by atoms with van der Waals surface area (Å²) in [6, 6.07) is 9.12. The first-order valence-electron chi connectivity index (χ1n) is 11.6. The number of carbonyl (C=O) groups is 1. The molecule has 10 nitrogen and oxygen atoms in total. The number of nitrogens with one attached hydrogen (secondary N) is 1. The third-order valence-corrected chi connectivity index (χ3v) is 6.55. The fourth-order valence-electron chi connectivity index (χ4n) is 4.43. The smallest absolute Gasteiger partial charge is 0.452 e. The number of nitrogens with zero attached hydrogens (tertiary/aromatic N) is 6. The number of nitriles is 1. The average molecular weight is 558 g/mol. The van der Waals surface area contributed by atoms with E-state index in [1.165, 1.54) is 12.1 Å². The lowest BCUT2D eigenvalue weighted by atomic mass is 9.95. The Morgan fingerprint density at radius 3 is 2.64 bits per heavy atom. The van der Waals surface area contributed by atoms with Crippen LogP contribution in [0.2, 0.25) is 5.15 Å². The van der Waals surface area contributed by atoms with Gasteiger partial charge in [-0.3, -0.25) is 0 Å². The minimum absolute atomic E-state index is 0.0410. The van der Waals surface area contributed by atoms with Crippen molar-refractivity contribution in [3.05, 3.63) is 69.5 Å². The summed E-state index contributed by atoms with van der Waals surface area (Å²) in [5.74, 6) is -2.46. The number of hydrogen-bond acceptors (Lipinski definition) is 9. The van der Waals surface area contributed by atoms with Crippen LogP contribution in [0.5, 0.6) is 0 Å². The Balaban J connectivity index is 1.47. The molecule has 0 saturated carbocycles. The number of carboxylic acid groups (broad SMARTS) is 1. The Morgan fingerprint density at radius 1 is 1.26 bits per heavy atom. The fourth-order valence-corrected chi connectivity index (χ4v) is 4.58. The van der Waals surface area contributed by atoms with Crippen molar-refractivity contribution in [3.8, 4) is 6.07 Å². The van der Waals surface area contributed by atoms with E-state index in [-0.39, 0.29) is 52.7 Å². The summed E-state index contributed by atoms with van der Waals surface area (Å²) in [7, 11) is 0. The largest absolute Gasteiger partial charge is 0.476 e. The highest BCUT2D eigenvalue weighted by molar-refractivity contribution is 6.29. The van der Waals surface area contributed by atoms with Crippen molar-refractivity contribution in [2.75, 3.05) is 23.3 Å². The first-order chi connectivity index (χ1) is 18.4. The average Bonchev–Trinajstić information content (AvgIpc) is 3.33. The lowest BCUT2D eigenvalue weighted by Crippen LogP contribution is -2.46. The number of carboxylic acids is 1. The second-order valence-electron chi connectivity index (χ2n) is 9.15. The zero-order valence-electron chi connectivity index (χ0n) is 20.4. The zero-order chi connectivity index (χ0) is 28.1. The fraction of sp³-hybridized carbons (Fsp3) is 0.280. The van der Waals surface area contributed by atoms with Crippen LogP contribution in [0.1, 0.15) is 57.6 Å². The molecule has 1 atom stereocenters. The minimum atomic E-state index is -4.63. The highest BCUT2D eigenvalue weighted by atomic mass is 35.5. The predicted octanol–water partition coefficient (Wildman–Crippen LogP) is 5.34. The SMILES string of the molecule is Cc1cc([C@@H](C)Nc2ccc(Cl)nc2C(=O)O)c2nc(N3CC(c4cc(C(F)(F)F)on4)C3)c(C#N)nc2c1. The van der Waals surface area contributed by atoms with Crippen LogP contribution in [0.15, 0.2) is 34.9 Å². The summed E-state index contributed by atoms with van der Waals surface area (Å²) in [4.78, 5) is 26.5. The predicted molar refractivity (Wildman–Crippen MR) is 134 cm³/mol. The second kappa shape index (κ2) is 9.70. The van der Waals surface area contributed by atoms with Gasteiger partial charge in [-0.2, -0.15) is 18.4 Å². The van der Waals surface area contributed by atoms with Gasteiger partial charge < -0.3 is 19.8 Å². The van der Waals surface area contributed by atoms with Gasteiger partial charge in [0.1, 0.15) is 11.2 Å². The molecular formula is C25H19ClF3N7O3. The Morgan fingerprint density at radius 2 is 2.00 bits per heavy atom. The van der Waals surface area contributed by atoms with Gasteiger partial charge in [-0.05, 0) is 37.6 Å². The van der Waals surface area contributed by atoms with Crippen molar-refractivity contribution < 1.29 is 27.6 Å². The summed E-state index contributed by atoms with van der Waals surface area (Å²) >= 11 is 5.87. The second-order valence-corrected chi connectivity index (χ2v) is 9.53. The molecule has 0 bridgehead atoms. The lowest BCUT2D eigenvalue weighted by molar-refractivity contribution is -0.155. The van der Waals surface area contributed by atoms with Gasteiger partial charge in [0.25, 0.3) is 0 Å². The first kappa shape index (κ1) is 26.2. The number of aryl methyl sites for hydroxylation is 1. The summed E-state index contributed by atoms with van der Waals surface area (Å²) in [6.07, 6.45) is -4.63. The number of rotatable bonds is 6. The maximum Gasteiger partial charge on any atom is 0.452 e. The van der Waals surface area contributed by atoms with Crippen LogP contribution >= 0.6 is 11.6 Å². The molecule has 0 radical (unpaired) electrons. The van der Waals surface area contributed by atoms with Crippen molar-refractivity contribution in [1.29, 1.82) is 5.26 Å². The molecule has 0 amide bonds. The van der Waals surface area contributed by atoms with Gasteiger partial charge in [-0.15, -0.1) is 0 Å². The van der Waals surface area contributed by atoms with Crippen LogP contribution < -0.4 is 10.2 Å². The number of hydrogen-bond donors (Lipinski definition) is 2. The highest BCUT2D eigenvalue weighted by Gasteiger charge is 2.39. The van der Waals surface area contributed by atoms with Crippen LogP contribution in [-0.2, 0) is 6.18 Å². The van der Waals surface area contributed by atoms with Crippen LogP contribution in [0.3, 0.4) is 0 Å². The number of pyridine rings is 1. The third kappa shape index (κ3) is 5.03. The van der Waals surface area contributed by atoms with Crippen LogP contribution in [0.4, 0.5) is 24.7 Å². The molecule has 1 aromatic carbocycles. The van der Waals surface area contributed by atoms with E-state index < -0.39 is 23.9 Å². The molecule has 0 spiro atoms. The summed E-state index contributed by atoms with van der Waals surface area (Å²) < 4.78 is 43.1. The minimum Gasteiger partial charge on any atom is -0.476 e. The van der Waals surface area contributed by atoms with Crippen LogP contribution in [0, 0.1) is 18.3 Å². The number of benzene rings is 1. The van der Waals surface area contributed by atoms with Crippen molar-refractivity contribution in [3.63, 3.8) is 0 Å². The monoisotopic (exact) mass is 557 g/mol. The quantitative estimate of drug-likeness (QED) is 0.298. The number of anilines is 2. The summed E-state index contributed by atoms with van der Waals surface area (Å²) in [5, 5.41) is 26.0.